The number of carbonyl (C=O) groups is 4. The Labute approximate surface area is 254 Å². The highest BCUT2D eigenvalue weighted by Gasteiger charge is 2.77. The number of hydrogen-bond acceptors (Lipinski definition) is 7. The van der Waals surface area contributed by atoms with E-state index in [2.05, 4.69) is 0 Å². The summed E-state index contributed by atoms with van der Waals surface area (Å²) in [6, 6.07) is 3.69. The molecule has 2 aliphatic heterocycles. The molecule has 0 spiro atoms. The summed E-state index contributed by atoms with van der Waals surface area (Å²) in [6.07, 6.45) is 0.630. The number of fused-ring (bicyclic) bond motifs is 4. The Bertz CT molecular complexity index is 1710. The molecular formula is C28H19Cl2F5N2O7. The van der Waals surface area contributed by atoms with Gasteiger partial charge in [0.25, 0.3) is 23.6 Å². The van der Waals surface area contributed by atoms with Gasteiger partial charge in [-0.05, 0) is 43.4 Å². The number of nitrogens with zero attached hydrogens (tertiary/aromatic N) is 2. The zero-order valence-corrected chi connectivity index (χ0v) is 23.7. The predicted octanol–water partition coefficient (Wildman–Crippen LogP) is 4.44. The number of amides is 4. The van der Waals surface area contributed by atoms with Crippen LogP contribution in [0, 0.1) is 46.8 Å². The quantitative estimate of drug-likeness (QED) is 0.0945. The molecule has 2 aliphatic carbocycles. The highest BCUT2D eigenvalue weighted by atomic mass is 35.5. The number of anilines is 1. The Balaban J connectivity index is 1.62. The first-order valence-corrected chi connectivity index (χ1v) is 13.9. The highest BCUT2D eigenvalue weighted by molar-refractivity contribution is 6.58. The highest BCUT2D eigenvalue weighted by Crippen LogP contribution is 2.66. The van der Waals surface area contributed by atoms with Crippen LogP contribution >= 0.6 is 23.2 Å². The first-order chi connectivity index (χ1) is 20.6. The van der Waals surface area contributed by atoms with Gasteiger partial charge in [0.15, 0.2) is 44.5 Å². The molecule has 9 nitrogen and oxygen atoms in total. The van der Waals surface area contributed by atoms with Gasteiger partial charge in [-0.1, -0.05) is 17.7 Å². The number of phenolic OH excluding ortho intramolecular Hbond substituents is 1. The molecule has 0 bridgehead atoms. The molecule has 0 radical (unpaired) electrons. The number of alkyl halides is 2. The van der Waals surface area contributed by atoms with Crippen molar-refractivity contribution >= 4 is 52.5 Å². The van der Waals surface area contributed by atoms with E-state index in [-0.39, 0.29) is 45.6 Å². The maximum absolute atomic E-state index is 15.0. The minimum absolute atomic E-state index is 0.0544. The number of allylic oxidation sites excluding steroid dienone is 2. The van der Waals surface area contributed by atoms with E-state index < -0.39 is 98.2 Å². The lowest BCUT2D eigenvalue weighted by Crippen LogP contribution is -2.60. The summed E-state index contributed by atoms with van der Waals surface area (Å²) in [4.78, 5) is 48.1. The normalized spacial score (nSPS) is 31.2. The summed E-state index contributed by atoms with van der Waals surface area (Å²) in [6.45, 7) is 1.67. The summed E-state index contributed by atoms with van der Waals surface area (Å²) in [7, 11) is 0. The average Bonchev–Trinajstić information content (AvgIpc) is 3.30. The van der Waals surface area contributed by atoms with Crippen LogP contribution in [0.2, 0.25) is 0 Å². The van der Waals surface area contributed by atoms with Crippen molar-refractivity contribution in [1.29, 1.82) is 0 Å². The Morgan fingerprint density at radius 1 is 0.932 bits per heavy atom. The SMILES string of the molecule is CCOc1cc([C@H]2C3=CC[C@@H]4C(=O)N(O)C(=O)[C@@H]4[C@@H]3C[C@@]3(Cl)C(=O)N(c4c(F)c(F)c(F)c(F)c4F)C(=O)[C@@]23Cl)ccc1O. The van der Waals surface area contributed by atoms with Gasteiger partial charge in [-0.25, -0.2) is 26.9 Å². The summed E-state index contributed by atoms with van der Waals surface area (Å²) in [5.74, 6) is -23.2. The number of hydrogen-bond donors (Lipinski definition) is 2. The fourth-order valence-electron chi connectivity index (χ4n) is 6.91. The number of aromatic hydroxyl groups is 1. The molecule has 16 heteroatoms. The van der Waals surface area contributed by atoms with E-state index in [0.717, 1.165) is 6.07 Å². The number of hydroxylamine groups is 2. The van der Waals surface area contributed by atoms with Crippen molar-refractivity contribution < 1.29 is 56.2 Å². The molecule has 3 fully saturated rings. The predicted molar refractivity (Wildman–Crippen MR) is 139 cm³/mol. The van der Waals surface area contributed by atoms with Crippen LogP contribution in [0.1, 0.15) is 31.2 Å². The number of benzene rings is 2. The van der Waals surface area contributed by atoms with Crippen LogP contribution in [-0.4, -0.2) is 55.4 Å². The maximum Gasteiger partial charge on any atom is 0.258 e. The zero-order valence-electron chi connectivity index (χ0n) is 22.2. The molecule has 4 amide bonds. The maximum atomic E-state index is 15.0. The van der Waals surface area contributed by atoms with E-state index >= 15 is 8.78 Å². The number of rotatable bonds is 4. The molecule has 232 valence electrons. The van der Waals surface area contributed by atoms with Crippen molar-refractivity contribution in [2.45, 2.75) is 35.4 Å². The van der Waals surface area contributed by atoms with E-state index in [4.69, 9.17) is 27.9 Å². The minimum atomic E-state index is -2.72. The van der Waals surface area contributed by atoms with Gasteiger partial charge in [0.1, 0.15) is 5.69 Å². The van der Waals surface area contributed by atoms with Crippen LogP contribution in [-0.2, 0) is 19.2 Å². The third kappa shape index (κ3) is 3.61. The van der Waals surface area contributed by atoms with Crippen molar-refractivity contribution in [2.75, 3.05) is 11.5 Å². The van der Waals surface area contributed by atoms with Crippen LogP contribution in [0.4, 0.5) is 27.6 Å². The summed E-state index contributed by atoms with van der Waals surface area (Å²) >= 11 is 13.9. The number of phenols is 1. The molecule has 0 aromatic heterocycles. The molecule has 1 saturated carbocycles. The molecule has 6 rings (SSSR count). The second kappa shape index (κ2) is 9.88. The van der Waals surface area contributed by atoms with Crippen molar-refractivity contribution in [3.05, 3.63) is 64.5 Å². The lowest BCUT2D eigenvalue weighted by molar-refractivity contribution is -0.173. The standard InChI is InChI=1S/C28H19Cl2F5N2O7/c1-2-44-14-7-9(3-6-13(14)38)16-10-4-5-11-15(24(40)37(43)23(11)39)12(10)8-27(29)25(41)36(26(42)28(16,27)30)22-20(34)18(32)17(31)19(33)21(22)35/h3-4,6-7,11-12,15-16,38,43H,2,5,8H2,1H3/t11-,12+,15-,16-,27+,28-/m0/s1. The van der Waals surface area contributed by atoms with E-state index in [1.807, 2.05) is 0 Å². The summed E-state index contributed by atoms with van der Waals surface area (Å²) in [5.41, 5.74) is -1.66. The van der Waals surface area contributed by atoms with Crippen LogP contribution in [0.25, 0.3) is 0 Å². The summed E-state index contributed by atoms with van der Waals surface area (Å²) < 4.78 is 77.8. The Kier molecular flexibility index (Phi) is 6.80. The first kappa shape index (κ1) is 30.3. The fourth-order valence-corrected chi connectivity index (χ4v) is 7.84. The van der Waals surface area contributed by atoms with E-state index in [0.29, 0.717) is 0 Å². The minimum Gasteiger partial charge on any atom is -0.504 e. The molecular weight excluding hydrogens is 642 g/mol. The van der Waals surface area contributed by atoms with Gasteiger partial charge in [0.2, 0.25) is 5.82 Å². The van der Waals surface area contributed by atoms with Crippen molar-refractivity contribution in [1.82, 2.24) is 5.06 Å². The zero-order chi connectivity index (χ0) is 32.2. The molecule has 2 aromatic rings. The Morgan fingerprint density at radius 2 is 1.55 bits per heavy atom. The molecule has 2 heterocycles. The van der Waals surface area contributed by atoms with E-state index in [1.165, 1.54) is 18.2 Å². The number of carbonyl (C=O) groups excluding carboxylic acids is 4. The number of halogens is 7. The van der Waals surface area contributed by atoms with E-state index in [9.17, 15) is 42.7 Å². The lowest BCUT2D eigenvalue weighted by Gasteiger charge is -2.50. The smallest absolute Gasteiger partial charge is 0.258 e. The van der Waals surface area contributed by atoms with Crippen molar-refractivity contribution in [2.24, 2.45) is 17.8 Å². The lowest BCUT2D eigenvalue weighted by atomic mass is 9.56. The molecule has 6 atom stereocenters. The monoisotopic (exact) mass is 660 g/mol. The second-order valence-electron chi connectivity index (χ2n) is 10.8. The van der Waals surface area contributed by atoms with Crippen molar-refractivity contribution in [3.63, 3.8) is 0 Å². The van der Waals surface area contributed by atoms with Gasteiger partial charge in [-0.2, -0.15) is 5.06 Å². The Hall–Kier alpha value is -3.75. The summed E-state index contributed by atoms with van der Waals surface area (Å²) in [5, 5.41) is 20.4. The third-order valence-corrected chi connectivity index (χ3v) is 10.2. The number of imide groups is 2. The van der Waals surface area contributed by atoms with Gasteiger partial charge >= 0.3 is 0 Å². The molecule has 2 N–H and O–H groups in total. The molecule has 0 unspecified atom stereocenters. The fraction of sp³-hybridized carbons (Fsp3) is 0.357. The molecule has 2 saturated heterocycles. The van der Waals surface area contributed by atoms with E-state index in [1.54, 1.807) is 6.92 Å². The van der Waals surface area contributed by atoms with Crippen LogP contribution in [0.3, 0.4) is 0 Å². The second-order valence-corrected chi connectivity index (χ2v) is 12.1. The van der Waals surface area contributed by atoms with Gasteiger partial charge < -0.3 is 9.84 Å². The largest absolute Gasteiger partial charge is 0.504 e. The van der Waals surface area contributed by atoms with Gasteiger partial charge in [0, 0.05) is 5.92 Å². The molecule has 44 heavy (non-hydrogen) atoms. The average molecular weight is 661 g/mol. The van der Waals surface area contributed by atoms with Gasteiger partial charge in [-0.15, -0.1) is 23.2 Å². The molecule has 4 aliphatic rings. The van der Waals surface area contributed by atoms with Crippen LogP contribution < -0.4 is 9.64 Å². The van der Waals surface area contributed by atoms with Crippen molar-refractivity contribution in [3.8, 4) is 11.5 Å². The van der Waals surface area contributed by atoms with Crippen LogP contribution in [0.15, 0.2) is 29.8 Å². The Morgan fingerprint density at radius 3 is 2.16 bits per heavy atom. The van der Waals surface area contributed by atoms with Gasteiger partial charge in [0.05, 0.1) is 18.4 Å². The molecule has 2 aromatic carbocycles. The third-order valence-electron chi connectivity index (χ3n) is 8.82. The van der Waals surface area contributed by atoms with Crippen LogP contribution in [0.5, 0.6) is 11.5 Å². The first-order valence-electron chi connectivity index (χ1n) is 13.1. The van der Waals surface area contributed by atoms with Gasteiger partial charge in [-0.3, -0.25) is 24.4 Å². The topological polar surface area (TPSA) is 124 Å². The number of ether oxygens (including phenoxy) is 1.